The van der Waals surface area contributed by atoms with Crippen molar-refractivity contribution in [3.63, 3.8) is 0 Å². The van der Waals surface area contributed by atoms with Gasteiger partial charge < -0.3 is 5.32 Å². The summed E-state index contributed by atoms with van der Waals surface area (Å²) < 4.78 is 0. The number of nitrogens with one attached hydrogen (secondary N) is 1. The highest BCUT2D eigenvalue weighted by Gasteiger charge is 2.26. The molecule has 1 aliphatic heterocycles. The summed E-state index contributed by atoms with van der Waals surface area (Å²) in [6, 6.07) is 1.22. The van der Waals surface area contributed by atoms with Gasteiger partial charge in [-0.15, -0.1) is 11.3 Å². The fraction of sp³-hybridized carbons (Fsp3) is 0.824. The molecule has 1 aliphatic rings. The van der Waals surface area contributed by atoms with Gasteiger partial charge in [0.25, 0.3) is 0 Å². The second-order valence-electron chi connectivity index (χ2n) is 7.75. The average Bonchev–Trinajstić information content (AvgIpc) is 2.76. The van der Waals surface area contributed by atoms with E-state index in [1.807, 2.05) is 11.3 Å². The van der Waals surface area contributed by atoms with E-state index in [1.165, 1.54) is 17.1 Å². The fourth-order valence-electron chi connectivity index (χ4n) is 2.73. The maximum absolute atomic E-state index is 4.87. The summed E-state index contributed by atoms with van der Waals surface area (Å²) >= 11 is 1.82. The lowest BCUT2D eigenvalue weighted by Gasteiger charge is -2.29. The van der Waals surface area contributed by atoms with E-state index in [-0.39, 0.29) is 5.41 Å². The largest absolute Gasteiger partial charge is 0.312 e. The van der Waals surface area contributed by atoms with Crippen LogP contribution in [0, 0.1) is 5.92 Å². The molecule has 2 rings (SSSR count). The maximum Gasteiger partial charge on any atom is 0.107 e. The first kappa shape index (κ1) is 16.9. The van der Waals surface area contributed by atoms with Crippen LogP contribution in [-0.2, 0) is 12.0 Å². The van der Waals surface area contributed by atoms with E-state index in [0.29, 0.717) is 18.0 Å². The van der Waals surface area contributed by atoms with Crippen molar-refractivity contribution in [3.05, 3.63) is 16.1 Å². The van der Waals surface area contributed by atoms with E-state index in [0.717, 1.165) is 19.6 Å². The van der Waals surface area contributed by atoms with E-state index in [1.54, 1.807) is 0 Å². The topological polar surface area (TPSA) is 28.2 Å². The van der Waals surface area contributed by atoms with Crippen molar-refractivity contribution in [1.82, 2.24) is 15.2 Å². The van der Waals surface area contributed by atoms with Crippen molar-refractivity contribution in [2.75, 3.05) is 13.1 Å². The first-order chi connectivity index (χ1) is 9.77. The predicted octanol–water partition coefficient (Wildman–Crippen LogP) is 3.65. The molecule has 2 atom stereocenters. The Kier molecular flexibility index (Phi) is 5.44. The molecule has 0 bridgehead atoms. The molecule has 0 aliphatic carbocycles. The SMILES string of the molecule is CC(C)C1CN(Cc2nc(C(C)(C)C)cs2)C(C)CCN1. The first-order valence-electron chi connectivity index (χ1n) is 8.19. The molecule has 0 aromatic carbocycles. The number of hydrogen-bond donors (Lipinski definition) is 1. The molecule has 1 N–H and O–H groups in total. The van der Waals surface area contributed by atoms with Crippen LogP contribution in [0.3, 0.4) is 0 Å². The highest BCUT2D eigenvalue weighted by atomic mass is 32.1. The minimum atomic E-state index is 0.154. The van der Waals surface area contributed by atoms with Crippen molar-refractivity contribution >= 4 is 11.3 Å². The van der Waals surface area contributed by atoms with Gasteiger partial charge in [0.1, 0.15) is 5.01 Å². The molecule has 120 valence electrons. The molecular formula is C17H31N3S. The predicted molar refractivity (Wildman–Crippen MR) is 91.9 cm³/mol. The molecule has 1 aromatic rings. The van der Waals surface area contributed by atoms with Crippen molar-refractivity contribution in [2.45, 2.75) is 72.0 Å². The van der Waals surface area contributed by atoms with Crippen molar-refractivity contribution in [1.29, 1.82) is 0 Å². The molecule has 3 nitrogen and oxygen atoms in total. The van der Waals surface area contributed by atoms with Gasteiger partial charge in [0.2, 0.25) is 0 Å². The van der Waals surface area contributed by atoms with E-state index in [4.69, 9.17) is 4.98 Å². The number of thiazole rings is 1. The van der Waals surface area contributed by atoms with Gasteiger partial charge in [-0.2, -0.15) is 0 Å². The molecule has 1 saturated heterocycles. The Bertz CT molecular complexity index is 447. The van der Waals surface area contributed by atoms with Crippen LogP contribution in [0.15, 0.2) is 5.38 Å². The Morgan fingerprint density at radius 1 is 1.43 bits per heavy atom. The van der Waals surface area contributed by atoms with E-state index >= 15 is 0 Å². The summed E-state index contributed by atoms with van der Waals surface area (Å²) in [5.74, 6) is 0.680. The second kappa shape index (κ2) is 6.76. The van der Waals surface area contributed by atoms with Gasteiger partial charge in [0.15, 0.2) is 0 Å². The molecular weight excluding hydrogens is 278 g/mol. The van der Waals surface area contributed by atoms with Crippen molar-refractivity contribution < 1.29 is 0 Å². The summed E-state index contributed by atoms with van der Waals surface area (Å²) in [6.07, 6.45) is 1.22. The zero-order chi connectivity index (χ0) is 15.6. The van der Waals surface area contributed by atoms with Gasteiger partial charge in [0.05, 0.1) is 12.2 Å². The van der Waals surface area contributed by atoms with Crippen LogP contribution in [0.2, 0.25) is 0 Å². The van der Waals surface area contributed by atoms with Gasteiger partial charge in [-0.25, -0.2) is 4.98 Å². The summed E-state index contributed by atoms with van der Waals surface area (Å²) in [7, 11) is 0. The Hall–Kier alpha value is -0.450. The molecule has 0 amide bonds. The summed E-state index contributed by atoms with van der Waals surface area (Å²) in [5, 5.41) is 7.19. The van der Waals surface area contributed by atoms with Crippen molar-refractivity contribution in [2.24, 2.45) is 5.92 Å². The van der Waals surface area contributed by atoms with E-state index in [2.05, 4.69) is 57.1 Å². The average molecular weight is 310 g/mol. The standard InChI is InChI=1S/C17H31N3S/c1-12(2)14-9-20(13(3)7-8-18-14)10-16-19-15(11-21-16)17(4,5)6/h11-14,18H,7-10H2,1-6H3. The van der Waals surface area contributed by atoms with Crippen LogP contribution in [-0.4, -0.2) is 35.1 Å². The summed E-state index contributed by atoms with van der Waals surface area (Å²) in [4.78, 5) is 7.47. The van der Waals surface area contributed by atoms with Crippen LogP contribution in [0.4, 0.5) is 0 Å². The van der Waals surface area contributed by atoms with E-state index < -0.39 is 0 Å². The Morgan fingerprint density at radius 3 is 2.71 bits per heavy atom. The lowest BCUT2D eigenvalue weighted by atomic mass is 9.93. The van der Waals surface area contributed by atoms with Crippen LogP contribution < -0.4 is 5.32 Å². The molecule has 0 spiro atoms. The van der Waals surface area contributed by atoms with Gasteiger partial charge >= 0.3 is 0 Å². The minimum Gasteiger partial charge on any atom is -0.312 e. The van der Waals surface area contributed by atoms with Crippen LogP contribution in [0.25, 0.3) is 0 Å². The maximum atomic E-state index is 4.87. The molecule has 21 heavy (non-hydrogen) atoms. The van der Waals surface area contributed by atoms with Crippen LogP contribution in [0.5, 0.6) is 0 Å². The lowest BCUT2D eigenvalue weighted by molar-refractivity contribution is 0.183. The third-order valence-corrected chi connectivity index (χ3v) is 5.32. The molecule has 2 heterocycles. The summed E-state index contributed by atoms with van der Waals surface area (Å²) in [6.45, 7) is 16.9. The fourth-order valence-corrected chi connectivity index (χ4v) is 3.77. The Balaban J connectivity index is 2.07. The molecule has 4 heteroatoms. The Labute approximate surface area is 134 Å². The normalized spacial score (nSPS) is 25.3. The summed E-state index contributed by atoms with van der Waals surface area (Å²) in [5.41, 5.74) is 1.38. The molecule has 0 radical (unpaired) electrons. The second-order valence-corrected chi connectivity index (χ2v) is 8.69. The highest BCUT2D eigenvalue weighted by Crippen LogP contribution is 2.25. The van der Waals surface area contributed by atoms with Gasteiger partial charge in [0, 0.05) is 29.4 Å². The first-order valence-corrected chi connectivity index (χ1v) is 9.07. The Morgan fingerprint density at radius 2 is 2.14 bits per heavy atom. The van der Waals surface area contributed by atoms with Gasteiger partial charge in [-0.05, 0) is 25.8 Å². The minimum absolute atomic E-state index is 0.154. The van der Waals surface area contributed by atoms with E-state index in [9.17, 15) is 0 Å². The highest BCUT2D eigenvalue weighted by molar-refractivity contribution is 7.09. The number of nitrogens with zero attached hydrogens (tertiary/aromatic N) is 2. The van der Waals surface area contributed by atoms with Crippen molar-refractivity contribution in [3.8, 4) is 0 Å². The lowest BCUT2D eigenvalue weighted by Crippen LogP contribution is -2.42. The zero-order valence-corrected chi connectivity index (χ0v) is 15.3. The number of aromatic nitrogens is 1. The third-order valence-electron chi connectivity index (χ3n) is 4.49. The molecule has 1 aromatic heterocycles. The smallest absolute Gasteiger partial charge is 0.107 e. The molecule has 1 fully saturated rings. The monoisotopic (exact) mass is 309 g/mol. The molecule has 2 unspecified atom stereocenters. The zero-order valence-electron chi connectivity index (χ0n) is 14.4. The van der Waals surface area contributed by atoms with Crippen LogP contribution >= 0.6 is 11.3 Å². The third kappa shape index (κ3) is 4.51. The van der Waals surface area contributed by atoms with Gasteiger partial charge in [-0.1, -0.05) is 34.6 Å². The number of rotatable bonds is 3. The quantitative estimate of drug-likeness (QED) is 0.924. The molecule has 0 saturated carbocycles. The van der Waals surface area contributed by atoms with Gasteiger partial charge in [-0.3, -0.25) is 4.90 Å². The van der Waals surface area contributed by atoms with Crippen LogP contribution in [0.1, 0.15) is 58.7 Å². The number of hydrogen-bond acceptors (Lipinski definition) is 4.